The van der Waals surface area contributed by atoms with Crippen LogP contribution in [0.1, 0.15) is 83.3 Å². The summed E-state index contributed by atoms with van der Waals surface area (Å²) in [5, 5.41) is 13.5. The van der Waals surface area contributed by atoms with Crippen LogP contribution in [0.5, 0.6) is 0 Å². The number of aliphatic hydroxyl groups excluding tert-OH is 1. The number of allylic oxidation sites excluding steroid dienone is 6. The highest BCUT2D eigenvalue weighted by Crippen LogP contribution is 2.45. The number of nitrogens with zero attached hydrogens (tertiary/aromatic N) is 4. The van der Waals surface area contributed by atoms with Gasteiger partial charge in [-0.25, -0.2) is 14.8 Å². The first-order valence-electron chi connectivity index (χ1n) is 18.1. The van der Waals surface area contributed by atoms with Crippen molar-refractivity contribution in [2.75, 3.05) is 19.8 Å². The zero-order valence-corrected chi connectivity index (χ0v) is 30.5. The number of aliphatic hydroxyl groups is 1. The third kappa shape index (κ3) is 8.78. The Morgan fingerprint density at radius 2 is 1.62 bits per heavy atom. The number of nitrogens with one attached hydrogen (secondary N) is 1. The molecular formula is C41H49N5O6. The monoisotopic (exact) mass is 707 g/mol. The predicted octanol–water partition coefficient (Wildman–Crippen LogP) is 7.17. The zero-order chi connectivity index (χ0) is 36.6. The average molecular weight is 708 g/mol. The lowest BCUT2D eigenvalue weighted by Gasteiger charge is -2.17. The molecular weight excluding hydrogens is 658 g/mol. The Balaban J connectivity index is 0.948. The van der Waals surface area contributed by atoms with Crippen LogP contribution in [-0.2, 0) is 20.8 Å². The van der Waals surface area contributed by atoms with E-state index in [-0.39, 0.29) is 30.8 Å². The van der Waals surface area contributed by atoms with E-state index < -0.39 is 30.6 Å². The van der Waals surface area contributed by atoms with E-state index >= 15 is 0 Å². The molecule has 0 radical (unpaired) electrons. The Labute approximate surface area is 304 Å². The molecule has 2 aromatic carbocycles. The zero-order valence-electron chi connectivity index (χ0n) is 30.5. The van der Waals surface area contributed by atoms with Crippen LogP contribution in [0.4, 0.5) is 4.79 Å². The standard InChI is InChI=1S/C41H49N5O6/c1-27(2)11-9-12-28(3)13-10-14-29(4)19-21-45-25-44-39-37(40(45)48)43-26-46(39)36-23-34(47)35(51-36)24-50-22-20-42-41(49)52-38-32-17-7-5-15-30(32)31-16-6-8-18-33(31)38/h5-8,11,13,15-19,25-26,34-36,38,47H,9-10,12,14,20-24H2,1-4H3,(H,42,49)/b28-13+,29-19+. The predicted molar refractivity (Wildman–Crippen MR) is 201 cm³/mol. The summed E-state index contributed by atoms with van der Waals surface area (Å²) < 4.78 is 20.9. The smallest absolute Gasteiger partial charge is 0.408 e. The second kappa shape index (κ2) is 17.1. The number of imidazole rings is 1. The lowest BCUT2D eigenvalue weighted by Crippen LogP contribution is -2.31. The van der Waals surface area contributed by atoms with E-state index in [4.69, 9.17) is 14.2 Å². The number of fused-ring (bicyclic) bond motifs is 4. The molecule has 11 nitrogen and oxygen atoms in total. The third-order valence-corrected chi connectivity index (χ3v) is 9.62. The molecule has 2 aliphatic rings. The summed E-state index contributed by atoms with van der Waals surface area (Å²) in [4.78, 5) is 34.8. The molecule has 2 aromatic heterocycles. The maximum Gasteiger partial charge on any atom is 0.408 e. The summed E-state index contributed by atoms with van der Waals surface area (Å²) in [6, 6.07) is 15.9. The number of aromatic nitrogens is 4. The Morgan fingerprint density at radius 3 is 2.33 bits per heavy atom. The SMILES string of the molecule is CC(C)=CCC/C(C)=C/CC/C(C)=C/Cn1cnc2c(ncn2C2CC(O)C(COCCNC(=O)OC3c4ccccc4-c4ccccc43)O2)c1=O. The number of alkyl carbamates (subject to hydrolysis) is 1. The summed E-state index contributed by atoms with van der Waals surface area (Å²) in [7, 11) is 0. The van der Waals surface area contributed by atoms with Gasteiger partial charge in [-0.15, -0.1) is 0 Å². The number of ether oxygens (including phenoxy) is 3. The van der Waals surface area contributed by atoms with Gasteiger partial charge in [0.15, 0.2) is 17.3 Å². The minimum Gasteiger partial charge on any atom is -0.436 e. The van der Waals surface area contributed by atoms with Crippen molar-refractivity contribution in [1.82, 2.24) is 24.4 Å². The molecule has 0 spiro atoms. The molecule has 0 saturated carbocycles. The molecule has 1 fully saturated rings. The van der Waals surface area contributed by atoms with Gasteiger partial charge >= 0.3 is 6.09 Å². The van der Waals surface area contributed by atoms with Gasteiger partial charge in [0.2, 0.25) is 0 Å². The van der Waals surface area contributed by atoms with Crippen molar-refractivity contribution in [3.05, 3.63) is 118 Å². The van der Waals surface area contributed by atoms with Crippen LogP contribution in [0.15, 0.2) is 101 Å². The molecule has 1 saturated heterocycles. The van der Waals surface area contributed by atoms with E-state index in [0.29, 0.717) is 18.6 Å². The number of hydrogen-bond acceptors (Lipinski definition) is 8. The van der Waals surface area contributed by atoms with Gasteiger partial charge < -0.3 is 24.6 Å². The fraction of sp³-hybridized carbons (Fsp3) is 0.415. The summed E-state index contributed by atoms with van der Waals surface area (Å²) >= 11 is 0. The molecule has 2 N–H and O–H groups in total. The van der Waals surface area contributed by atoms with E-state index in [1.165, 1.54) is 29.4 Å². The first kappa shape index (κ1) is 36.9. The van der Waals surface area contributed by atoms with Gasteiger partial charge in [0.05, 0.1) is 25.6 Å². The minimum absolute atomic E-state index is 0.127. The maximum absolute atomic E-state index is 13.3. The van der Waals surface area contributed by atoms with E-state index in [2.05, 4.69) is 61.2 Å². The van der Waals surface area contributed by atoms with Crippen molar-refractivity contribution in [3.8, 4) is 11.1 Å². The average Bonchev–Trinajstić information content (AvgIpc) is 3.82. The minimum atomic E-state index is -0.785. The van der Waals surface area contributed by atoms with Crippen molar-refractivity contribution in [3.63, 3.8) is 0 Å². The first-order valence-corrected chi connectivity index (χ1v) is 18.1. The van der Waals surface area contributed by atoms with Gasteiger partial charge in [-0.1, -0.05) is 83.5 Å². The fourth-order valence-electron chi connectivity index (χ4n) is 6.73. The van der Waals surface area contributed by atoms with Crippen LogP contribution >= 0.6 is 0 Å². The van der Waals surface area contributed by atoms with Gasteiger partial charge in [-0.3, -0.25) is 13.9 Å². The normalized spacial score (nSPS) is 18.8. The topological polar surface area (TPSA) is 130 Å². The van der Waals surface area contributed by atoms with E-state index in [0.717, 1.165) is 47.9 Å². The Bertz CT molecular complexity index is 1980. The van der Waals surface area contributed by atoms with Crippen molar-refractivity contribution in [2.24, 2.45) is 0 Å². The summed E-state index contributed by atoms with van der Waals surface area (Å²) in [5.74, 6) is 0. The highest BCUT2D eigenvalue weighted by atomic mass is 16.6. The summed E-state index contributed by atoms with van der Waals surface area (Å²) in [5.41, 5.74) is 8.45. The molecule has 1 aliphatic carbocycles. The van der Waals surface area contributed by atoms with Crippen LogP contribution in [-0.4, -0.2) is 62.3 Å². The van der Waals surface area contributed by atoms with E-state index in [9.17, 15) is 14.7 Å². The molecule has 52 heavy (non-hydrogen) atoms. The molecule has 1 amide bonds. The van der Waals surface area contributed by atoms with Crippen LogP contribution in [0.25, 0.3) is 22.3 Å². The van der Waals surface area contributed by atoms with E-state index in [1.54, 1.807) is 9.13 Å². The highest BCUT2D eigenvalue weighted by molar-refractivity contribution is 5.79. The first-order chi connectivity index (χ1) is 25.2. The molecule has 274 valence electrons. The molecule has 4 aromatic rings. The number of carbonyl (C=O) groups excluding carboxylic acids is 1. The van der Waals surface area contributed by atoms with Crippen molar-refractivity contribution < 1.29 is 24.1 Å². The van der Waals surface area contributed by atoms with E-state index in [1.807, 2.05) is 48.5 Å². The molecule has 0 bridgehead atoms. The number of carbonyl (C=O) groups is 1. The summed E-state index contributed by atoms with van der Waals surface area (Å²) in [6.07, 6.45) is 11.1. The largest absolute Gasteiger partial charge is 0.436 e. The molecule has 6 rings (SSSR count). The van der Waals surface area contributed by atoms with Gasteiger partial charge in [-0.2, -0.15) is 0 Å². The Kier molecular flexibility index (Phi) is 12.2. The molecule has 1 aliphatic heterocycles. The Hall–Kier alpha value is -4.84. The van der Waals surface area contributed by atoms with Crippen molar-refractivity contribution >= 4 is 17.3 Å². The van der Waals surface area contributed by atoms with Crippen molar-refractivity contribution in [2.45, 2.75) is 90.9 Å². The lowest BCUT2D eigenvalue weighted by atomic mass is 10.1. The fourth-order valence-corrected chi connectivity index (χ4v) is 6.73. The molecule has 3 atom stereocenters. The number of rotatable bonds is 15. The van der Waals surface area contributed by atoms with Crippen LogP contribution in [0, 0.1) is 0 Å². The maximum atomic E-state index is 13.3. The van der Waals surface area contributed by atoms with Crippen LogP contribution in [0.3, 0.4) is 0 Å². The van der Waals surface area contributed by atoms with Gasteiger partial charge in [0.1, 0.15) is 18.7 Å². The summed E-state index contributed by atoms with van der Waals surface area (Å²) in [6.45, 7) is 9.49. The Morgan fingerprint density at radius 1 is 0.942 bits per heavy atom. The number of benzene rings is 2. The third-order valence-electron chi connectivity index (χ3n) is 9.62. The number of hydrogen-bond donors (Lipinski definition) is 2. The lowest BCUT2D eigenvalue weighted by molar-refractivity contribution is -0.0607. The quantitative estimate of drug-likeness (QED) is 0.0983. The van der Waals surface area contributed by atoms with Crippen molar-refractivity contribution in [1.29, 1.82) is 0 Å². The highest BCUT2D eigenvalue weighted by Gasteiger charge is 2.36. The second-order valence-corrected chi connectivity index (χ2v) is 13.9. The van der Waals surface area contributed by atoms with Crippen LogP contribution < -0.4 is 10.9 Å². The molecule has 11 heteroatoms. The van der Waals surface area contributed by atoms with Gasteiger partial charge in [0.25, 0.3) is 5.56 Å². The number of amides is 1. The molecule has 3 heterocycles. The second-order valence-electron chi connectivity index (χ2n) is 13.9. The van der Waals surface area contributed by atoms with Crippen LogP contribution in [0.2, 0.25) is 0 Å². The molecule has 3 unspecified atom stereocenters. The van der Waals surface area contributed by atoms with Gasteiger partial charge in [0, 0.05) is 30.6 Å². The van der Waals surface area contributed by atoms with Gasteiger partial charge in [-0.05, 0) is 64.5 Å².